The van der Waals surface area contributed by atoms with Crippen molar-refractivity contribution in [3.05, 3.63) is 59.7 Å². The Balaban J connectivity index is 2.08. The summed E-state index contributed by atoms with van der Waals surface area (Å²) >= 11 is 0. The van der Waals surface area contributed by atoms with Crippen molar-refractivity contribution in [2.75, 3.05) is 26.7 Å². The summed E-state index contributed by atoms with van der Waals surface area (Å²) in [4.78, 5) is 13.4. The molecule has 3 atom stereocenters. The quantitative estimate of drug-likeness (QED) is 0.693. The smallest absolute Gasteiger partial charge is 0.247 e. The molecule has 0 radical (unpaired) electrons. The van der Waals surface area contributed by atoms with E-state index >= 15 is 0 Å². The molecule has 33 heavy (non-hydrogen) atoms. The molecule has 7 nitrogen and oxygen atoms in total. The molecule has 2 aromatic carbocycles. The van der Waals surface area contributed by atoms with E-state index in [1.54, 1.807) is 31.0 Å². The van der Waals surface area contributed by atoms with Gasteiger partial charge in [0, 0.05) is 43.6 Å². The van der Waals surface area contributed by atoms with Gasteiger partial charge in [-0.25, -0.2) is 8.42 Å². The number of carbonyl (C=O) groups excluding carboxylic acids is 1. The first-order valence-corrected chi connectivity index (χ1v) is 12.3. The molecule has 2 aromatic rings. The van der Waals surface area contributed by atoms with Crippen LogP contribution >= 0.6 is 0 Å². The van der Waals surface area contributed by atoms with Crippen LogP contribution in [-0.4, -0.2) is 67.5 Å². The van der Waals surface area contributed by atoms with Crippen LogP contribution in [0.5, 0.6) is 5.75 Å². The Labute approximate surface area is 196 Å². The van der Waals surface area contributed by atoms with Gasteiger partial charge in [0.15, 0.2) is 0 Å². The first kappa shape index (κ1) is 24.8. The van der Waals surface area contributed by atoms with Crippen LogP contribution < -0.4 is 4.74 Å². The Kier molecular flexibility index (Phi) is 7.80. The number of hydrogen-bond donors (Lipinski definition) is 1. The van der Waals surface area contributed by atoms with Gasteiger partial charge in [0.1, 0.15) is 16.7 Å². The SMILES string of the molecule is CC(=O)N(C)C[C@H]1Oc2cc(C#Cc3ccccc3)ccc2S(=O)(=O)N([C@@H](C)CO)C[C@H]1C. The number of likely N-dealkylation sites (N-methyl/N-ethyl adjacent to an activating group) is 1. The minimum atomic E-state index is -3.92. The molecule has 0 fully saturated rings. The number of hydrogen-bond acceptors (Lipinski definition) is 5. The molecule has 0 aromatic heterocycles. The highest BCUT2D eigenvalue weighted by molar-refractivity contribution is 7.89. The standard InChI is InChI=1S/C25H30N2O5S/c1-18-15-27(19(2)17-28)33(30,31)25-13-12-22(11-10-21-8-6-5-7-9-21)14-23(25)32-24(18)16-26(4)20(3)29/h5-9,12-14,18-19,24,28H,15-17H2,1-4H3/t18-,19+,24-/m1/s1. The fourth-order valence-corrected chi connectivity index (χ4v) is 5.41. The van der Waals surface area contributed by atoms with Crippen LogP contribution in [0.4, 0.5) is 0 Å². The highest BCUT2D eigenvalue weighted by Crippen LogP contribution is 2.34. The first-order valence-electron chi connectivity index (χ1n) is 10.9. The molecule has 3 rings (SSSR count). The maximum atomic E-state index is 13.5. The van der Waals surface area contributed by atoms with Gasteiger partial charge in [-0.2, -0.15) is 4.31 Å². The molecule has 176 valence electrons. The summed E-state index contributed by atoms with van der Waals surface area (Å²) in [5.74, 6) is 5.98. The highest BCUT2D eigenvalue weighted by atomic mass is 32.2. The predicted octanol–water partition coefficient (Wildman–Crippen LogP) is 2.33. The molecule has 1 N–H and O–H groups in total. The van der Waals surface area contributed by atoms with Crippen molar-refractivity contribution in [1.82, 2.24) is 9.21 Å². The lowest BCUT2D eigenvalue weighted by Crippen LogP contribution is -2.50. The van der Waals surface area contributed by atoms with Crippen molar-refractivity contribution in [2.24, 2.45) is 5.92 Å². The summed E-state index contributed by atoms with van der Waals surface area (Å²) in [6, 6.07) is 13.7. The Hall–Kier alpha value is -2.86. The lowest BCUT2D eigenvalue weighted by atomic mass is 10.0. The van der Waals surface area contributed by atoms with Crippen LogP contribution in [0.1, 0.15) is 31.9 Å². The summed E-state index contributed by atoms with van der Waals surface area (Å²) in [6.45, 7) is 5.19. The summed E-state index contributed by atoms with van der Waals surface area (Å²) in [5.41, 5.74) is 1.46. The highest BCUT2D eigenvalue weighted by Gasteiger charge is 2.38. The normalized spacial score (nSPS) is 20.8. The monoisotopic (exact) mass is 470 g/mol. The summed E-state index contributed by atoms with van der Waals surface area (Å²) in [6.07, 6.45) is -0.445. The Morgan fingerprint density at radius 1 is 1.21 bits per heavy atom. The number of aliphatic hydroxyl groups excluding tert-OH is 1. The summed E-state index contributed by atoms with van der Waals surface area (Å²) in [7, 11) is -2.23. The van der Waals surface area contributed by atoms with Gasteiger partial charge in [-0.05, 0) is 37.3 Å². The molecule has 1 aliphatic heterocycles. The summed E-state index contributed by atoms with van der Waals surface area (Å²) < 4.78 is 34.5. The molecule has 0 saturated carbocycles. The van der Waals surface area contributed by atoms with Gasteiger partial charge in [-0.3, -0.25) is 4.79 Å². The molecular formula is C25H30N2O5S. The van der Waals surface area contributed by atoms with Crippen molar-refractivity contribution in [2.45, 2.75) is 37.8 Å². The van der Waals surface area contributed by atoms with E-state index in [0.717, 1.165) is 5.56 Å². The number of aliphatic hydroxyl groups is 1. The van der Waals surface area contributed by atoms with E-state index in [1.807, 2.05) is 37.3 Å². The van der Waals surface area contributed by atoms with Gasteiger partial charge in [0.05, 0.1) is 13.2 Å². The molecule has 0 bridgehead atoms. The number of carbonyl (C=O) groups is 1. The van der Waals surface area contributed by atoms with Crippen LogP contribution in [-0.2, 0) is 14.8 Å². The fraction of sp³-hybridized carbons (Fsp3) is 0.400. The lowest BCUT2D eigenvalue weighted by molar-refractivity contribution is -0.129. The van der Waals surface area contributed by atoms with Gasteiger partial charge in [-0.1, -0.05) is 37.0 Å². The Bertz CT molecular complexity index is 1150. The minimum absolute atomic E-state index is 0.0236. The van der Waals surface area contributed by atoms with Crippen LogP contribution in [0.3, 0.4) is 0 Å². The maximum Gasteiger partial charge on any atom is 0.247 e. The van der Waals surface area contributed by atoms with Crippen molar-refractivity contribution in [3.63, 3.8) is 0 Å². The van der Waals surface area contributed by atoms with E-state index in [2.05, 4.69) is 11.8 Å². The average Bonchev–Trinajstić information content (AvgIpc) is 2.79. The van der Waals surface area contributed by atoms with E-state index in [9.17, 15) is 18.3 Å². The van der Waals surface area contributed by atoms with Crippen molar-refractivity contribution < 1.29 is 23.1 Å². The van der Waals surface area contributed by atoms with E-state index in [-0.39, 0.29) is 35.6 Å². The lowest BCUT2D eigenvalue weighted by Gasteiger charge is -2.37. The maximum absolute atomic E-state index is 13.5. The molecule has 0 unspecified atom stereocenters. The second-order valence-electron chi connectivity index (χ2n) is 8.42. The predicted molar refractivity (Wildman–Crippen MR) is 126 cm³/mol. The first-order chi connectivity index (χ1) is 15.6. The fourth-order valence-electron chi connectivity index (χ4n) is 3.59. The third-order valence-corrected chi connectivity index (χ3v) is 7.80. The van der Waals surface area contributed by atoms with Crippen molar-refractivity contribution in [3.8, 4) is 17.6 Å². The van der Waals surface area contributed by atoms with Gasteiger partial charge < -0.3 is 14.7 Å². The number of rotatable bonds is 4. The molecule has 8 heteroatoms. The van der Waals surface area contributed by atoms with E-state index < -0.39 is 22.2 Å². The molecular weight excluding hydrogens is 440 g/mol. The van der Waals surface area contributed by atoms with Crippen LogP contribution in [0.25, 0.3) is 0 Å². The molecule has 1 amide bonds. The molecule has 0 spiro atoms. The third kappa shape index (κ3) is 5.74. The number of amides is 1. The average molecular weight is 471 g/mol. The van der Waals surface area contributed by atoms with Gasteiger partial charge in [0.25, 0.3) is 0 Å². The van der Waals surface area contributed by atoms with E-state index in [0.29, 0.717) is 12.1 Å². The van der Waals surface area contributed by atoms with Gasteiger partial charge in [0.2, 0.25) is 15.9 Å². The topological polar surface area (TPSA) is 87.2 Å². The second kappa shape index (κ2) is 10.4. The molecule has 0 saturated heterocycles. The van der Waals surface area contributed by atoms with E-state index in [1.165, 1.54) is 17.3 Å². The van der Waals surface area contributed by atoms with Crippen molar-refractivity contribution >= 4 is 15.9 Å². The summed E-state index contributed by atoms with van der Waals surface area (Å²) in [5, 5.41) is 9.71. The molecule has 1 aliphatic rings. The van der Waals surface area contributed by atoms with Crippen LogP contribution in [0.15, 0.2) is 53.4 Å². The number of benzene rings is 2. The second-order valence-corrected chi connectivity index (χ2v) is 10.3. The molecule has 1 heterocycles. The van der Waals surface area contributed by atoms with Crippen LogP contribution in [0, 0.1) is 17.8 Å². The van der Waals surface area contributed by atoms with Gasteiger partial charge >= 0.3 is 0 Å². The number of fused-ring (bicyclic) bond motifs is 1. The van der Waals surface area contributed by atoms with Gasteiger partial charge in [-0.15, -0.1) is 0 Å². The number of ether oxygens (including phenoxy) is 1. The number of nitrogens with zero attached hydrogens (tertiary/aromatic N) is 2. The third-order valence-electron chi connectivity index (χ3n) is 5.78. The van der Waals surface area contributed by atoms with Crippen molar-refractivity contribution in [1.29, 1.82) is 0 Å². The largest absolute Gasteiger partial charge is 0.487 e. The van der Waals surface area contributed by atoms with Crippen LogP contribution in [0.2, 0.25) is 0 Å². The zero-order valence-electron chi connectivity index (χ0n) is 19.4. The number of sulfonamides is 1. The zero-order valence-corrected chi connectivity index (χ0v) is 20.2. The Morgan fingerprint density at radius 3 is 2.52 bits per heavy atom. The Morgan fingerprint density at radius 2 is 1.88 bits per heavy atom. The van der Waals surface area contributed by atoms with E-state index in [4.69, 9.17) is 4.74 Å². The zero-order chi connectivity index (χ0) is 24.2. The minimum Gasteiger partial charge on any atom is -0.487 e. The molecule has 0 aliphatic carbocycles.